The number of ether oxygens (including phenoxy) is 1. The minimum absolute atomic E-state index is 0.0376. The van der Waals surface area contributed by atoms with Gasteiger partial charge in [-0.2, -0.15) is 5.26 Å². The van der Waals surface area contributed by atoms with E-state index in [1.165, 1.54) is 7.11 Å². The van der Waals surface area contributed by atoms with Crippen LogP contribution in [0.25, 0.3) is 0 Å². The summed E-state index contributed by atoms with van der Waals surface area (Å²) in [6, 6.07) is 1.88. The number of nitrogens with one attached hydrogen (secondary N) is 1. The van der Waals surface area contributed by atoms with Gasteiger partial charge in [-0.3, -0.25) is 0 Å². The van der Waals surface area contributed by atoms with Crippen LogP contribution in [0.2, 0.25) is 0 Å². The first-order chi connectivity index (χ1) is 6.95. The molecule has 4 nitrogen and oxygen atoms in total. The fourth-order valence-corrected chi connectivity index (χ4v) is 1.43. The molecule has 0 aromatic rings. The highest BCUT2D eigenvalue weighted by Crippen LogP contribution is 2.38. The maximum Gasteiger partial charge on any atom is 0.350 e. The van der Waals surface area contributed by atoms with Crippen LogP contribution in [0.1, 0.15) is 20.8 Å². The molecule has 1 heterocycles. The molecule has 1 rings (SSSR count). The lowest BCUT2D eigenvalue weighted by Gasteiger charge is -2.22. The quantitative estimate of drug-likeness (QED) is 0.401. The number of rotatable bonds is 1. The Bertz CT molecular complexity index is 397. The second-order valence-electron chi connectivity index (χ2n) is 3.95. The highest BCUT2D eigenvalue weighted by molar-refractivity contribution is 5.94. The van der Waals surface area contributed by atoms with E-state index in [-0.39, 0.29) is 11.0 Å². The third-order valence-corrected chi connectivity index (χ3v) is 2.80. The normalized spacial score (nSPS) is 21.1. The number of allylic oxidation sites excluding steroid dienone is 1. The van der Waals surface area contributed by atoms with Gasteiger partial charge in [0.15, 0.2) is 5.57 Å². The lowest BCUT2D eigenvalue weighted by Crippen LogP contribution is -2.22. The molecular formula is C11H14N2O2. The summed E-state index contributed by atoms with van der Waals surface area (Å²) >= 11 is 0. The summed E-state index contributed by atoms with van der Waals surface area (Å²) in [5.41, 5.74) is 1.40. The van der Waals surface area contributed by atoms with Crippen LogP contribution in [-0.2, 0) is 9.53 Å². The number of methoxy groups -OCH3 is 1. The predicted octanol–water partition coefficient (Wildman–Crippen LogP) is 1.47. The Balaban J connectivity index is 3.23. The summed E-state index contributed by atoms with van der Waals surface area (Å²) in [6.45, 7) is 5.86. The Morgan fingerprint density at radius 1 is 1.60 bits per heavy atom. The highest BCUT2D eigenvalue weighted by Gasteiger charge is 2.34. The zero-order valence-electron chi connectivity index (χ0n) is 9.34. The maximum atomic E-state index is 11.4. The number of hydrogen-bond donors (Lipinski definition) is 1. The summed E-state index contributed by atoms with van der Waals surface area (Å²) in [4.78, 5) is 11.4. The first-order valence-corrected chi connectivity index (χ1v) is 4.62. The van der Waals surface area contributed by atoms with Gasteiger partial charge in [0.1, 0.15) is 6.07 Å². The second kappa shape index (κ2) is 3.77. The van der Waals surface area contributed by atoms with Crippen LogP contribution >= 0.6 is 0 Å². The van der Waals surface area contributed by atoms with E-state index < -0.39 is 5.97 Å². The number of nitriles is 1. The van der Waals surface area contributed by atoms with E-state index in [1.807, 2.05) is 26.8 Å². The van der Waals surface area contributed by atoms with Crippen LogP contribution < -0.4 is 5.32 Å². The SMILES string of the molecule is COC(=O)/C(C#N)=C1/NC=C(C)C1(C)C. The summed E-state index contributed by atoms with van der Waals surface area (Å²) in [5, 5.41) is 11.9. The van der Waals surface area contributed by atoms with Gasteiger partial charge in [-0.1, -0.05) is 13.8 Å². The minimum atomic E-state index is -0.601. The van der Waals surface area contributed by atoms with Crippen LogP contribution in [0.3, 0.4) is 0 Å². The van der Waals surface area contributed by atoms with Gasteiger partial charge in [0, 0.05) is 11.6 Å². The Hall–Kier alpha value is -1.76. The first-order valence-electron chi connectivity index (χ1n) is 4.62. The van der Waals surface area contributed by atoms with Crippen molar-refractivity contribution in [2.24, 2.45) is 5.41 Å². The molecule has 0 aliphatic carbocycles. The molecule has 0 bridgehead atoms. The molecule has 0 saturated carbocycles. The largest absolute Gasteiger partial charge is 0.465 e. The topological polar surface area (TPSA) is 62.1 Å². The number of hydrogen-bond acceptors (Lipinski definition) is 4. The van der Waals surface area contributed by atoms with Crippen molar-refractivity contribution in [3.8, 4) is 6.07 Å². The molecule has 4 heteroatoms. The second-order valence-corrected chi connectivity index (χ2v) is 3.95. The first kappa shape index (κ1) is 11.3. The van der Waals surface area contributed by atoms with Crippen molar-refractivity contribution in [2.45, 2.75) is 20.8 Å². The van der Waals surface area contributed by atoms with Crippen molar-refractivity contribution in [3.05, 3.63) is 23.0 Å². The number of carbonyl (C=O) groups excluding carboxylic acids is 1. The molecule has 1 aliphatic heterocycles. The molecule has 0 unspecified atom stereocenters. The van der Waals surface area contributed by atoms with Crippen molar-refractivity contribution in [1.29, 1.82) is 5.26 Å². The van der Waals surface area contributed by atoms with Crippen molar-refractivity contribution < 1.29 is 9.53 Å². The summed E-state index contributed by atoms with van der Waals surface area (Å²) in [6.07, 6.45) is 1.80. The van der Waals surface area contributed by atoms with Gasteiger partial charge in [-0.15, -0.1) is 0 Å². The predicted molar refractivity (Wildman–Crippen MR) is 55.3 cm³/mol. The lowest BCUT2D eigenvalue weighted by atomic mass is 9.83. The van der Waals surface area contributed by atoms with E-state index in [0.29, 0.717) is 5.70 Å². The van der Waals surface area contributed by atoms with Gasteiger partial charge >= 0.3 is 5.97 Å². The molecule has 80 valence electrons. The van der Waals surface area contributed by atoms with Gasteiger partial charge in [0.05, 0.1) is 12.8 Å². The summed E-state index contributed by atoms with van der Waals surface area (Å²) in [7, 11) is 1.27. The maximum absolute atomic E-state index is 11.4. The van der Waals surface area contributed by atoms with Crippen molar-refractivity contribution >= 4 is 5.97 Å². The molecule has 0 aromatic carbocycles. The van der Waals surface area contributed by atoms with Crippen LogP contribution in [-0.4, -0.2) is 13.1 Å². The van der Waals surface area contributed by atoms with Gasteiger partial charge in [-0.05, 0) is 12.5 Å². The van der Waals surface area contributed by atoms with E-state index in [4.69, 9.17) is 5.26 Å². The van der Waals surface area contributed by atoms with E-state index in [9.17, 15) is 4.79 Å². The molecule has 0 amide bonds. The Labute approximate surface area is 89.2 Å². The molecule has 0 aromatic heterocycles. The molecule has 1 aliphatic rings. The highest BCUT2D eigenvalue weighted by atomic mass is 16.5. The number of carbonyl (C=O) groups is 1. The van der Waals surface area contributed by atoms with Crippen molar-refractivity contribution in [1.82, 2.24) is 5.32 Å². The van der Waals surface area contributed by atoms with Crippen molar-refractivity contribution in [2.75, 3.05) is 7.11 Å². The van der Waals surface area contributed by atoms with Gasteiger partial charge in [0.25, 0.3) is 0 Å². The Morgan fingerprint density at radius 2 is 2.20 bits per heavy atom. The fourth-order valence-electron chi connectivity index (χ4n) is 1.43. The van der Waals surface area contributed by atoms with Gasteiger partial charge in [0.2, 0.25) is 0 Å². The van der Waals surface area contributed by atoms with Gasteiger partial charge < -0.3 is 10.1 Å². The van der Waals surface area contributed by atoms with Crippen LogP contribution in [0, 0.1) is 16.7 Å². The molecule has 15 heavy (non-hydrogen) atoms. The molecular weight excluding hydrogens is 192 g/mol. The third-order valence-electron chi connectivity index (χ3n) is 2.80. The Morgan fingerprint density at radius 3 is 2.53 bits per heavy atom. The standard InChI is InChI=1S/C11H14N2O2/c1-7-6-13-9(11(7,2)3)8(5-12)10(14)15-4/h6,13H,1-4H3/b9-8+. The molecule has 0 fully saturated rings. The summed E-state index contributed by atoms with van der Waals surface area (Å²) < 4.78 is 4.56. The zero-order valence-corrected chi connectivity index (χ0v) is 9.34. The smallest absolute Gasteiger partial charge is 0.350 e. The molecule has 0 radical (unpaired) electrons. The summed E-state index contributed by atoms with van der Waals surface area (Å²) in [5.74, 6) is -0.601. The third kappa shape index (κ3) is 1.73. The molecule has 0 spiro atoms. The molecule has 0 atom stereocenters. The Kier molecular flexibility index (Phi) is 2.85. The van der Waals surface area contributed by atoms with Crippen molar-refractivity contribution in [3.63, 3.8) is 0 Å². The fraction of sp³-hybridized carbons (Fsp3) is 0.455. The number of nitrogens with zero attached hydrogens (tertiary/aromatic N) is 1. The average molecular weight is 206 g/mol. The zero-order chi connectivity index (χ0) is 11.6. The van der Waals surface area contributed by atoms with E-state index in [2.05, 4.69) is 10.1 Å². The van der Waals surface area contributed by atoms with Crippen LogP contribution in [0.4, 0.5) is 0 Å². The number of esters is 1. The minimum Gasteiger partial charge on any atom is -0.465 e. The lowest BCUT2D eigenvalue weighted by molar-refractivity contribution is -0.135. The average Bonchev–Trinajstić information content (AvgIpc) is 2.45. The monoisotopic (exact) mass is 206 g/mol. The van der Waals surface area contributed by atoms with E-state index in [1.54, 1.807) is 6.20 Å². The van der Waals surface area contributed by atoms with E-state index >= 15 is 0 Å². The van der Waals surface area contributed by atoms with Gasteiger partial charge in [-0.25, -0.2) is 4.79 Å². The van der Waals surface area contributed by atoms with Crippen LogP contribution in [0.15, 0.2) is 23.0 Å². The molecule has 1 N–H and O–H groups in total. The van der Waals surface area contributed by atoms with E-state index in [0.717, 1.165) is 5.57 Å². The molecule has 0 saturated heterocycles. The van der Waals surface area contributed by atoms with Crippen LogP contribution in [0.5, 0.6) is 0 Å².